The van der Waals surface area contributed by atoms with Crippen LogP contribution in [0.4, 0.5) is 10.5 Å². The van der Waals surface area contributed by atoms with Crippen molar-refractivity contribution in [3.05, 3.63) is 40.8 Å². The van der Waals surface area contributed by atoms with Crippen molar-refractivity contribution in [1.29, 1.82) is 0 Å². The molecule has 0 atom stereocenters. The number of fused-ring (bicyclic) bond motifs is 3. The number of thiophene rings is 1. The van der Waals surface area contributed by atoms with Crippen molar-refractivity contribution < 1.29 is 14.0 Å². The van der Waals surface area contributed by atoms with Crippen molar-refractivity contribution >= 4 is 23.1 Å². The fraction of sp³-hybridized carbons (Fsp3) is 0.476. The molecule has 1 amide bonds. The van der Waals surface area contributed by atoms with Gasteiger partial charge >= 0.3 is 6.09 Å². The lowest BCUT2D eigenvalue weighted by atomic mass is 9.81. The van der Waals surface area contributed by atoms with Gasteiger partial charge in [0.2, 0.25) is 0 Å². The minimum Gasteiger partial charge on any atom is -0.442 e. The van der Waals surface area contributed by atoms with Gasteiger partial charge in [-0.15, -0.1) is 11.3 Å². The summed E-state index contributed by atoms with van der Waals surface area (Å²) in [5, 5.41) is 3.08. The standard InChI is InChI=1S/C21H26N2O2S/c1-15-16(2)26-19(17-7-5-4-6-8-17)18(15)22-20(24)25-21-9-12-23(3,13-10-21)14-11-21/h4-8H,9-14H2,1-3H3/p+1. The Bertz CT molecular complexity index is 804. The van der Waals surface area contributed by atoms with Crippen molar-refractivity contribution in [2.75, 3.05) is 32.0 Å². The third-order valence-electron chi connectivity index (χ3n) is 6.28. The number of quaternary nitrogens is 1. The SMILES string of the molecule is Cc1sc(-c2ccccc2)c(NC(=O)OC23CC[N+](C)(CC2)CC3)c1C. The number of nitrogens with zero attached hydrogens (tertiary/aromatic N) is 1. The third kappa shape index (κ3) is 3.14. The van der Waals surface area contributed by atoms with Crippen LogP contribution in [0.2, 0.25) is 0 Å². The van der Waals surface area contributed by atoms with E-state index in [4.69, 9.17) is 4.74 Å². The molecule has 0 aliphatic carbocycles. The number of hydrogen-bond donors (Lipinski definition) is 1. The highest BCUT2D eigenvalue weighted by Crippen LogP contribution is 2.42. The third-order valence-corrected chi connectivity index (χ3v) is 7.54. The average Bonchev–Trinajstić information content (AvgIpc) is 2.92. The molecule has 4 heterocycles. The van der Waals surface area contributed by atoms with Gasteiger partial charge in [-0.1, -0.05) is 30.3 Å². The van der Waals surface area contributed by atoms with Crippen LogP contribution in [-0.4, -0.2) is 42.9 Å². The van der Waals surface area contributed by atoms with E-state index in [1.165, 1.54) is 4.88 Å². The van der Waals surface area contributed by atoms with E-state index in [0.717, 1.165) is 65.1 Å². The molecular formula is C21H27N2O2S+. The minimum atomic E-state index is -0.305. The lowest BCUT2D eigenvalue weighted by Gasteiger charge is -2.51. The van der Waals surface area contributed by atoms with Crippen LogP contribution in [0.25, 0.3) is 10.4 Å². The van der Waals surface area contributed by atoms with E-state index >= 15 is 0 Å². The van der Waals surface area contributed by atoms with Gasteiger partial charge in [0.1, 0.15) is 5.60 Å². The number of carbonyl (C=O) groups excluding carboxylic acids is 1. The zero-order valence-corrected chi connectivity index (χ0v) is 16.6. The number of benzene rings is 1. The molecular weight excluding hydrogens is 344 g/mol. The summed E-state index contributed by atoms with van der Waals surface area (Å²) in [6, 6.07) is 10.2. The average molecular weight is 372 g/mol. The number of ether oxygens (including phenoxy) is 1. The summed E-state index contributed by atoms with van der Waals surface area (Å²) < 4.78 is 7.15. The monoisotopic (exact) mass is 371 g/mol. The molecule has 1 N–H and O–H groups in total. The zero-order chi connectivity index (χ0) is 18.4. The van der Waals surface area contributed by atoms with Crippen molar-refractivity contribution in [2.45, 2.75) is 38.7 Å². The number of nitrogens with one attached hydrogen (secondary N) is 1. The van der Waals surface area contributed by atoms with E-state index in [-0.39, 0.29) is 11.7 Å². The topological polar surface area (TPSA) is 38.3 Å². The summed E-state index contributed by atoms with van der Waals surface area (Å²) in [6.45, 7) is 7.50. The first-order chi connectivity index (χ1) is 12.4. The Morgan fingerprint density at radius 2 is 1.73 bits per heavy atom. The van der Waals surface area contributed by atoms with Gasteiger partial charge in [0.25, 0.3) is 0 Å². The van der Waals surface area contributed by atoms with E-state index in [1.54, 1.807) is 11.3 Å². The molecule has 2 bridgehead atoms. The van der Waals surface area contributed by atoms with Crippen LogP contribution in [0.5, 0.6) is 0 Å². The van der Waals surface area contributed by atoms with Gasteiger partial charge < -0.3 is 9.22 Å². The van der Waals surface area contributed by atoms with Crippen LogP contribution in [-0.2, 0) is 4.74 Å². The molecule has 3 saturated heterocycles. The normalized spacial score (nSPS) is 27.3. The van der Waals surface area contributed by atoms with Gasteiger partial charge in [0, 0.05) is 24.1 Å². The molecule has 26 heavy (non-hydrogen) atoms. The number of piperidine rings is 3. The number of hydrogen-bond acceptors (Lipinski definition) is 3. The Morgan fingerprint density at radius 1 is 1.12 bits per heavy atom. The molecule has 1 aromatic carbocycles. The van der Waals surface area contributed by atoms with Crippen molar-refractivity contribution in [3.8, 4) is 10.4 Å². The smallest absolute Gasteiger partial charge is 0.412 e. The number of aryl methyl sites for hydroxylation is 1. The molecule has 4 nitrogen and oxygen atoms in total. The summed E-state index contributed by atoms with van der Waals surface area (Å²) in [4.78, 5) is 15.1. The van der Waals surface area contributed by atoms with Crippen molar-refractivity contribution in [2.24, 2.45) is 0 Å². The molecule has 0 unspecified atom stereocenters. The van der Waals surface area contributed by atoms with Gasteiger partial charge in [-0.25, -0.2) is 4.79 Å². The summed E-state index contributed by atoms with van der Waals surface area (Å²) in [5.41, 5.74) is 2.89. The number of amides is 1. The first kappa shape index (κ1) is 17.6. The summed E-state index contributed by atoms with van der Waals surface area (Å²) in [6.07, 6.45) is 2.62. The number of carbonyl (C=O) groups is 1. The Hall–Kier alpha value is -1.85. The van der Waals surface area contributed by atoms with Crippen molar-refractivity contribution in [1.82, 2.24) is 0 Å². The van der Waals surface area contributed by atoms with E-state index in [9.17, 15) is 4.79 Å². The van der Waals surface area contributed by atoms with Gasteiger partial charge in [-0.05, 0) is 25.0 Å². The fourth-order valence-corrected chi connectivity index (χ4v) is 5.30. The zero-order valence-electron chi connectivity index (χ0n) is 15.8. The highest BCUT2D eigenvalue weighted by molar-refractivity contribution is 7.16. The van der Waals surface area contributed by atoms with Gasteiger partial charge in [-0.3, -0.25) is 5.32 Å². The maximum Gasteiger partial charge on any atom is 0.412 e. The van der Waals surface area contributed by atoms with Gasteiger partial charge in [0.15, 0.2) is 0 Å². The summed E-state index contributed by atoms with van der Waals surface area (Å²) in [7, 11) is 2.31. The Kier molecular flexibility index (Phi) is 4.32. The second kappa shape index (κ2) is 6.39. The number of anilines is 1. The van der Waals surface area contributed by atoms with Gasteiger partial charge in [-0.2, -0.15) is 0 Å². The maximum absolute atomic E-state index is 12.8. The van der Waals surface area contributed by atoms with Crippen LogP contribution in [0.3, 0.4) is 0 Å². The maximum atomic E-state index is 12.8. The fourth-order valence-electron chi connectivity index (χ4n) is 4.18. The van der Waals surface area contributed by atoms with E-state index in [2.05, 4.69) is 38.3 Å². The molecule has 2 aromatic rings. The highest BCUT2D eigenvalue weighted by Gasteiger charge is 2.49. The molecule has 0 saturated carbocycles. The van der Waals surface area contributed by atoms with Crippen LogP contribution in [0, 0.1) is 13.8 Å². The van der Waals surface area contributed by atoms with Crippen LogP contribution < -0.4 is 5.32 Å². The van der Waals surface area contributed by atoms with Crippen molar-refractivity contribution in [3.63, 3.8) is 0 Å². The number of rotatable bonds is 3. The van der Waals surface area contributed by atoms with Gasteiger partial charge in [0.05, 0.1) is 37.2 Å². The molecule has 5 rings (SSSR count). The lowest BCUT2D eigenvalue weighted by molar-refractivity contribution is -0.926. The minimum absolute atomic E-state index is 0.258. The van der Waals surface area contributed by atoms with Crippen LogP contribution in [0.1, 0.15) is 29.7 Å². The van der Waals surface area contributed by atoms with Crippen LogP contribution in [0.15, 0.2) is 30.3 Å². The molecule has 3 fully saturated rings. The first-order valence-corrected chi connectivity index (χ1v) is 10.2. The molecule has 0 spiro atoms. The molecule has 1 aromatic heterocycles. The largest absolute Gasteiger partial charge is 0.442 e. The molecule has 3 aliphatic rings. The quantitative estimate of drug-likeness (QED) is 0.774. The molecule has 138 valence electrons. The van der Waals surface area contributed by atoms with Crippen LogP contribution >= 0.6 is 11.3 Å². The Balaban J connectivity index is 1.53. The predicted octanol–water partition coefficient (Wildman–Crippen LogP) is 4.96. The predicted molar refractivity (Wildman–Crippen MR) is 107 cm³/mol. The van der Waals surface area contributed by atoms with E-state index in [0.29, 0.717) is 0 Å². The lowest BCUT2D eigenvalue weighted by Crippen LogP contribution is -2.63. The van der Waals surface area contributed by atoms with E-state index < -0.39 is 0 Å². The Labute approximate surface area is 159 Å². The second-order valence-corrected chi connectivity index (χ2v) is 9.32. The van der Waals surface area contributed by atoms with E-state index in [1.807, 2.05) is 18.2 Å². The molecule has 3 aliphatic heterocycles. The molecule has 5 heteroatoms. The molecule has 0 radical (unpaired) electrons. The summed E-state index contributed by atoms with van der Waals surface area (Å²) in [5.74, 6) is 0. The Morgan fingerprint density at radius 3 is 2.35 bits per heavy atom. The first-order valence-electron chi connectivity index (χ1n) is 9.39. The second-order valence-electron chi connectivity index (χ2n) is 8.09. The summed E-state index contributed by atoms with van der Waals surface area (Å²) >= 11 is 1.72. The highest BCUT2D eigenvalue weighted by atomic mass is 32.1.